The van der Waals surface area contributed by atoms with Gasteiger partial charge >= 0.3 is 0 Å². The Labute approximate surface area is 148 Å². The fourth-order valence-corrected chi connectivity index (χ4v) is 3.07. The fraction of sp³-hybridized carbons (Fsp3) is 0.133. The van der Waals surface area contributed by atoms with Gasteiger partial charge in [0.05, 0.1) is 19.1 Å². The third-order valence-corrected chi connectivity index (χ3v) is 4.59. The van der Waals surface area contributed by atoms with Gasteiger partial charge in [0.1, 0.15) is 0 Å². The average Bonchev–Trinajstić information content (AvgIpc) is 2.65. The van der Waals surface area contributed by atoms with Gasteiger partial charge in [-0.05, 0) is 24.3 Å². The van der Waals surface area contributed by atoms with Crippen LogP contribution >= 0.6 is 0 Å². The summed E-state index contributed by atoms with van der Waals surface area (Å²) in [5, 5.41) is 11.0. The molecule has 11 heteroatoms. The number of benzene rings is 2. The number of nitro groups is 1. The van der Waals surface area contributed by atoms with Crippen LogP contribution in [-0.2, 0) is 10.0 Å². The predicted octanol–water partition coefficient (Wildman–Crippen LogP) is 1.24. The lowest BCUT2D eigenvalue weighted by molar-refractivity contribution is -0.387. The Morgan fingerprint density at radius 2 is 1.73 bits per heavy atom. The summed E-state index contributed by atoms with van der Waals surface area (Å²) < 4.78 is 34.6. The first-order chi connectivity index (χ1) is 12.3. The van der Waals surface area contributed by atoms with Crippen LogP contribution in [0.4, 0.5) is 5.69 Å². The number of nitrogens with zero attached hydrogens (tertiary/aromatic N) is 1. The lowest BCUT2D eigenvalue weighted by Crippen LogP contribution is -2.41. The largest absolute Gasteiger partial charge is 0.493 e. The van der Waals surface area contributed by atoms with Crippen molar-refractivity contribution in [2.24, 2.45) is 0 Å². The molecule has 0 radical (unpaired) electrons. The summed E-state index contributed by atoms with van der Waals surface area (Å²) in [6.45, 7) is 0. The van der Waals surface area contributed by atoms with E-state index in [-0.39, 0.29) is 11.3 Å². The van der Waals surface area contributed by atoms with Gasteiger partial charge in [0.15, 0.2) is 16.4 Å². The van der Waals surface area contributed by atoms with Crippen LogP contribution < -0.4 is 19.7 Å². The molecule has 26 heavy (non-hydrogen) atoms. The van der Waals surface area contributed by atoms with Crippen LogP contribution in [0.25, 0.3) is 0 Å². The van der Waals surface area contributed by atoms with Gasteiger partial charge < -0.3 is 9.47 Å². The van der Waals surface area contributed by atoms with Crippen molar-refractivity contribution in [1.29, 1.82) is 0 Å². The standard InChI is InChI=1S/C15H15N3O7S/c1-24-12-8-7-10(9-13(12)25-2)15(19)16-17-26(22,23)14-6-4-3-5-11(14)18(20)21/h3-9,17H,1-2H3,(H,16,19). The molecule has 0 aliphatic heterocycles. The van der Waals surface area contributed by atoms with E-state index in [1.165, 1.54) is 44.6 Å². The number of ether oxygens (including phenoxy) is 2. The highest BCUT2D eigenvalue weighted by Gasteiger charge is 2.25. The number of nitro benzene ring substituents is 1. The van der Waals surface area contributed by atoms with Crippen LogP contribution in [0, 0.1) is 10.1 Å². The second-order valence-electron chi connectivity index (χ2n) is 4.85. The Hall–Kier alpha value is -3.18. The first-order valence-electron chi connectivity index (χ1n) is 7.07. The minimum absolute atomic E-state index is 0.0907. The highest BCUT2D eigenvalue weighted by Crippen LogP contribution is 2.27. The molecule has 0 aliphatic carbocycles. The van der Waals surface area contributed by atoms with Crippen molar-refractivity contribution in [3.63, 3.8) is 0 Å². The Balaban J connectivity index is 2.20. The molecule has 0 saturated heterocycles. The summed E-state index contributed by atoms with van der Waals surface area (Å²) in [6.07, 6.45) is 0. The van der Waals surface area contributed by atoms with E-state index in [0.29, 0.717) is 5.75 Å². The lowest BCUT2D eigenvalue weighted by Gasteiger charge is -2.11. The molecule has 2 aromatic carbocycles. The zero-order valence-electron chi connectivity index (χ0n) is 13.8. The van der Waals surface area contributed by atoms with Crippen LogP contribution in [0.15, 0.2) is 47.4 Å². The van der Waals surface area contributed by atoms with Gasteiger partial charge in [-0.2, -0.15) is 0 Å². The number of para-hydroxylation sites is 1. The zero-order chi connectivity index (χ0) is 19.3. The summed E-state index contributed by atoms with van der Waals surface area (Å²) in [6, 6.07) is 9.00. The summed E-state index contributed by atoms with van der Waals surface area (Å²) in [4.78, 5) is 23.5. The number of methoxy groups -OCH3 is 2. The van der Waals surface area contributed by atoms with E-state index < -0.39 is 31.4 Å². The number of nitrogens with one attached hydrogen (secondary N) is 2. The van der Waals surface area contributed by atoms with Gasteiger partial charge in [0.2, 0.25) is 0 Å². The molecular formula is C15H15N3O7S. The minimum atomic E-state index is -4.35. The Morgan fingerprint density at radius 1 is 1.08 bits per heavy atom. The summed E-state index contributed by atoms with van der Waals surface area (Å²) in [5.74, 6) is -0.112. The van der Waals surface area contributed by atoms with Crippen molar-refractivity contribution in [2.75, 3.05) is 14.2 Å². The molecule has 0 aromatic heterocycles. The summed E-state index contributed by atoms with van der Waals surface area (Å²) in [7, 11) is -1.53. The average molecular weight is 381 g/mol. The molecular weight excluding hydrogens is 366 g/mol. The Bertz CT molecular complexity index is 944. The zero-order valence-corrected chi connectivity index (χ0v) is 14.6. The summed E-state index contributed by atoms with van der Waals surface area (Å²) in [5.41, 5.74) is 1.48. The molecule has 10 nitrogen and oxygen atoms in total. The second kappa shape index (κ2) is 7.80. The highest BCUT2D eigenvalue weighted by molar-refractivity contribution is 7.89. The smallest absolute Gasteiger partial charge is 0.289 e. The van der Waals surface area contributed by atoms with Crippen molar-refractivity contribution < 1.29 is 27.6 Å². The van der Waals surface area contributed by atoms with Crippen molar-refractivity contribution in [2.45, 2.75) is 4.90 Å². The molecule has 138 valence electrons. The van der Waals surface area contributed by atoms with Crippen LogP contribution in [0.1, 0.15) is 10.4 Å². The molecule has 1 amide bonds. The number of hydrogen-bond acceptors (Lipinski definition) is 7. The fourth-order valence-electron chi connectivity index (χ4n) is 2.05. The second-order valence-corrected chi connectivity index (χ2v) is 6.51. The maximum Gasteiger partial charge on any atom is 0.289 e. The van der Waals surface area contributed by atoms with Gasteiger partial charge in [-0.15, -0.1) is 4.83 Å². The number of hydrogen-bond donors (Lipinski definition) is 2. The number of rotatable bonds is 7. The Kier molecular flexibility index (Phi) is 5.75. The van der Waals surface area contributed by atoms with E-state index in [1.807, 2.05) is 10.3 Å². The van der Waals surface area contributed by atoms with Crippen molar-refractivity contribution in [1.82, 2.24) is 10.3 Å². The van der Waals surface area contributed by atoms with E-state index in [4.69, 9.17) is 9.47 Å². The maximum absolute atomic E-state index is 12.2. The number of amides is 1. The van der Waals surface area contributed by atoms with Gasteiger partial charge in [-0.25, -0.2) is 8.42 Å². The van der Waals surface area contributed by atoms with E-state index in [9.17, 15) is 23.3 Å². The van der Waals surface area contributed by atoms with Gasteiger partial charge in [-0.3, -0.25) is 20.3 Å². The van der Waals surface area contributed by atoms with E-state index in [0.717, 1.165) is 12.1 Å². The van der Waals surface area contributed by atoms with Crippen molar-refractivity contribution >= 4 is 21.6 Å². The van der Waals surface area contributed by atoms with Gasteiger partial charge in [-0.1, -0.05) is 12.1 Å². The molecule has 2 rings (SSSR count). The third-order valence-electron chi connectivity index (χ3n) is 3.30. The third kappa shape index (κ3) is 4.07. The Morgan fingerprint density at radius 3 is 2.35 bits per heavy atom. The SMILES string of the molecule is COc1ccc(C(=O)NNS(=O)(=O)c2ccccc2[N+](=O)[O-])cc1OC. The molecule has 2 aromatic rings. The normalized spacial score (nSPS) is 10.8. The van der Waals surface area contributed by atoms with Crippen LogP contribution in [0.2, 0.25) is 0 Å². The molecule has 0 fully saturated rings. The molecule has 2 N–H and O–H groups in total. The van der Waals surface area contributed by atoms with Crippen molar-refractivity contribution in [3.8, 4) is 11.5 Å². The van der Waals surface area contributed by atoms with Crippen molar-refractivity contribution in [3.05, 3.63) is 58.1 Å². The molecule has 0 saturated carbocycles. The molecule has 0 atom stereocenters. The van der Waals surface area contributed by atoms with Crippen LogP contribution in [-0.4, -0.2) is 33.5 Å². The first kappa shape index (κ1) is 19.1. The molecule has 0 spiro atoms. The first-order valence-corrected chi connectivity index (χ1v) is 8.56. The number of sulfonamides is 1. The van der Waals surface area contributed by atoms with Gasteiger partial charge in [0, 0.05) is 11.6 Å². The molecule has 0 bridgehead atoms. The lowest BCUT2D eigenvalue weighted by atomic mass is 10.2. The molecule has 0 unspecified atom stereocenters. The van der Waals surface area contributed by atoms with Crippen LogP contribution in [0.3, 0.4) is 0 Å². The minimum Gasteiger partial charge on any atom is -0.493 e. The van der Waals surface area contributed by atoms with E-state index in [2.05, 4.69) is 0 Å². The van der Waals surface area contributed by atoms with Gasteiger partial charge in [0.25, 0.3) is 21.6 Å². The number of carbonyl (C=O) groups excluding carboxylic acids is 1. The predicted molar refractivity (Wildman–Crippen MR) is 90.4 cm³/mol. The van der Waals surface area contributed by atoms with E-state index >= 15 is 0 Å². The molecule has 0 aliphatic rings. The monoisotopic (exact) mass is 381 g/mol. The summed E-state index contributed by atoms with van der Waals surface area (Å²) >= 11 is 0. The molecule has 0 heterocycles. The van der Waals surface area contributed by atoms with Crippen LogP contribution in [0.5, 0.6) is 11.5 Å². The topological polar surface area (TPSA) is 137 Å². The maximum atomic E-state index is 12.2. The number of carbonyl (C=O) groups is 1. The van der Waals surface area contributed by atoms with E-state index in [1.54, 1.807) is 0 Å². The number of hydrazine groups is 1. The highest BCUT2D eigenvalue weighted by atomic mass is 32.2. The quantitative estimate of drug-likeness (QED) is 0.543.